The molecule has 142 valence electrons. The first-order chi connectivity index (χ1) is 12.3. The van der Waals surface area contributed by atoms with Gasteiger partial charge in [0.15, 0.2) is 11.2 Å². The highest BCUT2D eigenvalue weighted by atomic mass is 16.5. The third-order valence-corrected chi connectivity index (χ3v) is 5.97. The molecule has 0 saturated carbocycles. The van der Waals surface area contributed by atoms with Gasteiger partial charge in [0.2, 0.25) is 0 Å². The quantitative estimate of drug-likeness (QED) is 0.692. The van der Waals surface area contributed by atoms with Crippen molar-refractivity contribution in [1.82, 2.24) is 24.0 Å². The number of aromatic nitrogens is 4. The van der Waals surface area contributed by atoms with Crippen LogP contribution in [-0.2, 0) is 18.8 Å². The van der Waals surface area contributed by atoms with Crippen molar-refractivity contribution < 1.29 is 9.84 Å². The molecule has 1 spiro atoms. The van der Waals surface area contributed by atoms with Gasteiger partial charge in [-0.2, -0.15) is 0 Å². The van der Waals surface area contributed by atoms with Gasteiger partial charge in [0.05, 0.1) is 30.2 Å². The standard InChI is InChI=1S/C17H25N5O4/c1-16(25)9-17(4-6-18-7-5-17)26-8-11(16)22-10-19-13-12(22)14(23)21(3)15(24)20(13)2/h10-11,18,25H,4-9H2,1-3H3/t11-,16-/m1/s1. The molecule has 2 N–H and O–H groups in total. The van der Waals surface area contributed by atoms with Gasteiger partial charge in [0, 0.05) is 20.5 Å². The molecule has 2 aliphatic rings. The van der Waals surface area contributed by atoms with E-state index in [9.17, 15) is 14.7 Å². The fourth-order valence-corrected chi connectivity index (χ4v) is 4.44. The molecule has 9 heteroatoms. The molecule has 2 fully saturated rings. The van der Waals surface area contributed by atoms with E-state index in [1.165, 1.54) is 17.9 Å². The van der Waals surface area contributed by atoms with E-state index in [-0.39, 0.29) is 5.60 Å². The molecule has 2 saturated heterocycles. The highest BCUT2D eigenvalue weighted by Gasteiger charge is 2.49. The van der Waals surface area contributed by atoms with E-state index < -0.39 is 22.9 Å². The van der Waals surface area contributed by atoms with Gasteiger partial charge in [0.25, 0.3) is 5.56 Å². The molecule has 2 atom stereocenters. The normalized spacial score (nSPS) is 28.7. The van der Waals surface area contributed by atoms with E-state index in [2.05, 4.69) is 10.3 Å². The minimum Gasteiger partial charge on any atom is -0.388 e. The summed E-state index contributed by atoms with van der Waals surface area (Å²) in [6, 6.07) is -0.446. The number of ether oxygens (including phenoxy) is 1. The molecular formula is C17H25N5O4. The fourth-order valence-electron chi connectivity index (χ4n) is 4.44. The number of aliphatic hydroxyl groups is 1. The molecule has 0 bridgehead atoms. The summed E-state index contributed by atoms with van der Waals surface area (Å²) in [6.45, 7) is 3.83. The molecule has 0 radical (unpaired) electrons. The third-order valence-electron chi connectivity index (χ3n) is 5.97. The topological polar surface area (TPSA) is 103 Å². The highest BCUT2D eigenvalue weighted by molar-refractivity contribution is 5.70. The molecule has 4 heterocycles. The van der Waals surface area contributed by atoms with Crippen molar-refractivity contribution >= 4 is 11.2 Å². The fraction of sp³-hybridized carbons (Fsp3) is 0.706. The van der Waals surface area contributed by atoms with Gasteiger partial charge in [-0.3, -0.25) is 13.9 Å². The van der Waals surface area contributed by atoms with Crippen molar-refractivity contribution in [2.75, 3.05) is 19.7 Å². The van der Waals surface area contributed by atoms with Crippen LogP contribution in [-0.4, -0.2) is 54.7 Å². The van der Waals surface area contributed by atoms with Gasteiger partial charge in [-0.1, -0.05) is 0 Å². The van der Waals surface area contributed by atoms with Crippen molar-refractivity contribution in [1.29, 1.82) is 0 Å². The van der Waals surface area contributed by atoms with E-state index in [0.717, 1.165) is 30.5 Å². The Morgan fingerprint density at radius 3 is 2.62 bits per heavy atom. The second kappa shape index (κ2) is 5.77. The Morgan fingerprint density at radius 2 is 1.96 bits per heavy atom. The first-order valence-corrected chi connectivity index (χ1v) is 8.95. The zero-order valence-electron chi connectivity index (χ0n) is 15.4. The Hall–Kier alpha value is -1.97. The van der Waals surface area contributed by atoms with Gasteiger partial charge in [0.1, 0.15) is 0 Å². The molecule has 4 rings (SSSR count). The van der Waals surface area contributed by atoms with Crippen LogP contribution in [0.4, 0.5) is 0 Å². The number of nitrogens with zero attached hydrogens (tertiary/aromatic N) is 4. The van der Waals surface area contributed by atoms with Crippen LogP contribution in [0.2, 0.25) is 0 Å². The number of piperidine rings is 1. The van der Waals surface area contributed by atoms with Gasteiger partial charge < -0.3 is 19.7 Å². The zero-order chi connectivity index (χ0) is 18.7. The molecule has 0 unspecified atom stereocenters. The summed E-state index contributed by atoms with van der Waals surface area (Å²) in [4.78, 5) is 29.1. The van der Waals surface area contributed by atoms with E-state index in [1.807, 2.05) is 0 Å². The van der Waals surface area contributed by atoms with Crippen LogP contribution in [0.3, 0.4) is 0 Å². The molecule has 26 heavy (non-hydrogen) atoms. The number of rotatable bonds is 1. The van der Waals surface area contributed by atoms with Gasteiger partial charge in [-0.05, 0) is 32.9 Å². The number of hydrogen-bond acceptors (Lipinski definition) is 6. The third kappa shape index (κ3) is 2.45. The Morgan fingerprint density at radius 1 is 1.27 bits per heavy atom. The van der Waals surface area contributed by atoms with Crippen LogP contribution in [0.5, 0.6) is 0 Å². The zero-order valence-corrected chi connectivity index (χ0v) is 15.4. The van der Waals surface area contributed by atoms with Gasteiger partial charge >= 0.3 is 5.69 Å². The monoisotopic (exact) mass is 363 g/mol. The summed E-state index contributed by atoms with van der Waals surface area (Å²) in [5, 5.41) is 14.6. The van der Waals surface area contributed by atoms with E-state index >= 15 is 0 Å². The maximum atomic E-state index is 12.7. The van der Waals surface area contributed by atoms with Crippen LogP contribution in [0.25, 0.3) is 11.2 Å². The largest absolute Gasteiger partial charge is 0.388 e. The molecule has 2 aliphatic heterocycles. The summed E-state index contributed by atoms with van der Waals surface area (Å²) in [7, 11) is 3.03. The van der Waals surface area contributed by atoms with Gasteiger partial charge in [-0.25, -0.2) is 9.78 Å². The lowest BCUT2D eigenvalue weighted by atomic mass is 9.76. The average Bonchev–Trinajstić information content (AvgIpc) is 3.02. The summed E-state index contributed by atoms with van der Waals surface area (Å²) < 4.78 is 10.3. The molecule has 9 nitrogen and oxygen atoms in total. The molecule has 2 aromatic rings. The van der Waals surface area contributed by atoms with Crippen LogP contribution in [0, 0.1) is 0 Å². The number of imidazole rings is 1. The van der Waals surface area contributed by atoms with Crippen molar-refractivity contribution in [3.8, 4) is 0 Å². The Bertz CT molecular complexity index is 964. The number of fused-ring (bicyclic) bond motifs is 1. The van der Waals surface area contributed by atoms with Crippen molar-refractivity contribution in [2.45, 2.75) is 43.4 Å². The minimum absolute atomic E-state index is 0.296. The summed E-state index contributed by atoms with van der Waals surface area (Å²) in [5.41, 5.74) is -1.59. The van der Waals surface area contributed by atoms with E-state index in [1.54, 1.807) is 18.5 Å². The first kappa shape index (κ1) is 17.4. The smallest absolute Gasteiger partial charge is 0.332 e. The van der Waals surface area contributed by atoms with Crippen LogP contribution in [0.15, 0.2) is 15.9 Å². The predicted octanol–water partition coefficient (Wildman–Crippen LogP) is -0.732. The van der Waals surface area contributed by atoms with Crippen LogP contribution >= 0.6 is 0 Å². The maximum absolute atomic E-state index is 12.7. The maximum Gasteiger partial charge on any atom is 0.332 e. The van der Waals surface area contributed by atoms with Crippen molar-refractivity contribution in [2.24, 2.45) is 14.1 Å². The van der Waals surface area contributed by atoms with Gasteiger partial charge in [-0.15, -0.1) is 0 Å². The lowest BCUT2D eigenvalue weighted by Gasteiger charge is -2.50. The van der Waals surface area contributed by atoms with Crippen molar-refractivity contribution in [3.63, 3.8) is 0 Å². The van der Waals surface area contributed by atoms with E-state index in [4.69, 9.17) is 4.74 Å². The van der Waals surface area contributed by atoms with Crippen LogP contribution in [0.1, 0.15) is 32.2 Å². The van der Waals surface area contributed by atoms with E-state index in [0.29, 0.717) is 24.2 Å². The lowest BCUT2D eigenvalue weighted by Crippen LogP contribution is -2.57. The highest BCUT2D eigenvalue weighted by Crippen LogP contribution is 2.43. The molecule has 2 aromatic heterocycles. The second-order valence-corrected chi connectivity index (χ2v) is 7.82. The number of hydrogen-bond donors (Lipinski definition) is 2. The average molecular weight is 363 g/mol. The molecule has 0 amide bonds. The number of nitrogens with one attached hydrogen (secondary N) is 1. The summed E-state index contributed by atoms with van der Waals surface area (Å²) in [5.74, 6) is 0. The number of aryl methyl sites for hydroxylation is 1. The first-order valence-electron chi connectivity index (χ1n) is 8.95. The second-order valence-electron chi connectivity index (χ2n) is 7.82. The molecular weight excluding hydrogens is 338 g/mol. The van der Waals surface area contributed by atoms with Crippen molar-refractivity contribution in [3.05, 3.63) is 27.2 Å². The molecule has 0 aliphatic carbocycles. The summed E-state index contributed by atoms with van der Waals surface area (Å²) >= 11 is 0. The molecule has 0 aromatic carbocycles. The lowest BCUT2D eigenvalue weighted by molar-refractivity contribution is -0.189. The Kier molecular flexibility index (Phi) is 3.87. The minimum atomic E-state index is -1.05. The Balaban J connectivity index is 1.79. The predicted molar refractivity (Wildman–Crippen MR) is 95.3 cm³/mol. The SMILES string of the molecule is Cn1c(=O)c2c(ncn2[C@@H]2COC3(CCNCC3)C[C@@]2(C)O)n(C)c1=O. The Labute approximate surface area is 150 Å². The summed E-state index contributed by atoms with van der Waals surface area (Å²) in [6.07, 6.45) is 3.74. The van der Waals surface area contributed by atoms with Crippen LogP contribution < -0.4 is 16.6 Å².